The number of carbonyl (C=O) groups is 1. The van der Waals surface area contributed by atoms with E-state index in [0.29, 0.717) is 6.04 Å². The minimum absolute atomic E-state index is 0.00926. The van der Waals surface area contributed by atoms with Crippen molar-refractivity contribution in [1.82, 2.24) is 10.2 Å². The summed E-state index contributed by atoms with van der Waals surface area (Å²) < 4.78 is 0. The first-order chi connectivity index (χ1) is 7.59. The van der Waals surface area contributed by atoms with Crippen LogP contribution in [-0.4, -0.2) is 37.0 Å². The van der Waals surface area contributed by atoms with Gasteiger partial charge in [-0.05, 0) is 49.9 Å². The van der Waals surface area contributed by atoms with Crippen LogP contribution in [0.3, 0.4) is 0 Å². The lowest BCUT2D eigenvalue weighted by molar-refractivity contribution is -0.130. The third-order valence-electron chi connectivity index (χ3n) is 4.99. The number of rotatable bonds is 3. The number of hydrogen-bond acceptors (Lipinski definition) is 2. The molecule has 90 valence electrons. The van der Waals surface area contributed by atoms with Gasteiger partial charge in [-0.15, -0.1) is 0 Å². The van der Waals surface area contributed by atoms with E-state index < -0.39 is 0 Å². The Kier molecular flexibility index (Phi) is 2.29. The smallest absolute Gasteiger partial charge is 0.238 e. The van der Waals surface area contributed by atoms with Crippen molar-refractivity contribution in [2.24, 2.45) is 23.7 Å². The van der Waals surface area contributed by atoms with Crippen molar-refractivity contribution in [2.75, 3.05) is 14.1 Å². The average molecular weight is 222 g/mol. The van der Waals surface area contributed by atoms with Crippen LogP contribution in [0.15, 0.2) is 0 Å². The molecule has 1 N–H and O–H groups in total. The third-order valence-corrected chi connectivity index (χ3v) is 4.99. The van der Waals surface area contributed by atoms with E-state index in [2.05, 4.69) is 5.32 Å². The second kappa shape index (κ2) is 3.46. The maximum atomic E-state index is 11.8. The van der Waals surface area contributed by atoms with E-state index in [1.807, 2.05) is 21.0 Å². The number of nitrogens with zero attached hydrogens (tertiary/aromatic N) is 1. The van der Waals surface area contributed by atoms with Crippen molar-refractivity contribution < 1.29 is 4.79 Å². The van der Waals surface area contributed by atoms with Crippen molar-refractivity contribution >= 4 is 5.91 Å². The molecule has 0 heterocycles. The Bertz CT molecular complexity index is 299. The monoisotopic (exact) mass is 222 g/mol. The third kappa shape index (κ3) is 1.41. The maximum absolute atomic E-state index is 11.8. The second-order valence-electron chi connectivity index (χ2n) is 6.13. The summed E-state index contributed by atoms with van der Waals surface area (Å²) in [5.41, 5.74) is 0. The molecule has 1 amide bonds. The topological polar surface area (TPSA) is 32.3 Å². The number of fused-ring (bicyclic) bond motifs is 5. The van der Waals surface area contributed by atoms with Gasteiger partial charge in [0.05, 0.1) is 6.04 Å². The summed E-state index contributed by atoms with van der Waals surface area (Å²) in [6, 6.07) is 0.648. The number of nitrogens with one attached hydrogen (secondary N) is 1. The molecule has 5 atom stereocenters. The van der Waals surface area contributed by atoms with Crippen molar-refractivity contribution in [1.29, 1.82) is 0 Å². The molecule has 0 aliphatic heterocycles. The molecule has 3 aliphatic rings. The van der Waals surface area contributed by atoms with Crippen LogP contribution < -0.4 is 5.32 Å². The summed E-state index contributed by atoms with van der Waals surface area (Å²) >= 11 is 0. The van der Waals surface area contributed by atoms with Gasteiger partial charge < -0.3 is 10.2 Å². The first kappa shape index (κ1) is 10.6. The highest BCUT2D eigenvalue weighted by Gasteiger charge is 2.65. The lowest BCUT2D eigenvalue weighted by Gasteiger charge is -2.19. The SMILES string of the molecule is CC(NC1C2C3CCC(C3)C12)C(=O)N(C)C. The van der Waals surface area contributed by atoms with E-state index in [1.165, 1.54) is 19.3 Å². The number of amides is 1. The lowest BCUT2D eigenvalue weighted by atomic mass is 10.0. The molecule has 0 aromatic carbocycles. The van der Waals surface area contributed by atoms with E-state index in [-0.39, 0.29) is 11.9 Å². The van der Waals surface area contributed by atoms with Crippen LogP contribution in [0.4, 0.5) is 0 Å². The predicted molar refractivity (Wildman–Crippen MR) is 62.9 cm³/mol. The molecule has 0 radical (unpaired) electrons. The quantitative estimate of drug-likeness (QED) is 0.775. The number of carbonyl (C=O) groups excluding carboxylic acids is 1. The maximum Gasteiger partial charge on any atom is 0.238 e. The van der Waals surface area contributed by atoms with Crippen molar-refractivity contribution in [3.63, 3.8) is 0 Å². The van der Waals surface area contributed by atoms with E-state index in [1.54, 1.807) is 4.90 Å². The molecule has 3 fully saturated rings. The van der Waals surface area contributed by atoms with Crippen LogP contribution >= 0.6 is 0 Å². The Morgan fingerprint density at radius 2 is 1.81 bits per heavy atom. The first-order valence-corrected chi connectivity index (χ1v) is 6.57. The second-order valence-corrected chi connectivity index (χ2v) is 6.13. The zero-order chi connectivity index (χ0) is 11.4. The summed E-state index contributed by atoms with van der Waals surface area (Å²) in [6.45, 7) is 2.00. The standard InChI is InChI=1S/C13H22N2O/c1-7(13(16)15(2)3)14-12-10-8-4-5-9(6-8)11(10)12/h7-12,14H,4-6H2,1-3H3. The number of likely N-dealkylation sites (N-methyl/N-ethyl adjacent to an activating group) is 1. The fourth-order valence-corrected chi connectivity index (χ4v) is 4.30. The number of hydrogen-bond donors (Lipinski definition) is 1. The average Bonchev–Trinajstić information content (AvgIpc) is 2.67. The summed E-state index contributed by atoms with van der Waals surface area (Å²) in [6.07, 6.45) is 4.36. The fraction of sp³-hybridized carbons (Fsp3) is 0.923. The Labute approximate surface area is 97.6 Å². The molecule has 0 spiro atoms. The molecule has 3 nitrogen and oxygen atoms in total. The molecule has 0 aromatic rings. The van der Waals surface area contributed by atoms with Gasteiger partial charge in [0.2, 0.25) is 5.91 Å². The zero-order valence-corrected chi connectivity index (χ0v) is 10.4. The highest BCUT2D eigenvalue weighted by Crippen LogP contribution is 2.65. The van der Waals surface area contributed by atoms with E-state index in [0.717, 1.165) is 23.7 Å². The van der Waals surface area contributed by atoms with Crippen LogP contribution in [0.25, 0.3) is 0 Å². The van der Waals surface area contributed by atoms with Gasteiger partial charge in [-0.25, -0.2) is 0 Å². The highest BCUT2D eigenvalue weighted by molar-refractivity contribution is 5.81. The van der Waals surface area contributed by atoms with Gasteiger partial charge >= 0.3 is 0 Å². The summed E-state index contributed by atoms with van der Waals surface area (Å²) in [7, 11) is 3.66. The van der Waals surface area contributed by atoms with Gasteiger partial charge in [-0.1, -0.05) is 0 Å². The van der Waals surface area contributed by atoms with Gasteiger partial charge in [0, 0.05) is 20.1 Å². The molecular formula is C13H22N2O. The Balaban J connectivity index is 1.56. The van der Waals surface area contributed by atoms with Crippen molar-refractivity contribution in [3.8, 4) is 0 Å². The Morgan fingerprint density at radius 3 is 2.31 bits per heavy atom. The summed E-state index contributed by atoms with van der Waals surface area (Å²) in [4.78, 5) is 13.5. The predicted octanol–water partition coefficient (Wildman–Crippen LogP) is 1.10. The van der Waals surface area contributed by atoms with E-state index in [9.17, 15) is 4.79 Å². The van der Waals surface area contributed by atoms with Crippen LogP contribution in [0.1, 0.15) is 26.2 Å². The Hall–Kier alpha value is -0.570. The molecular weight excluding hydrogens is 200 g/mol. The molecule has 3 rings (SSSR count). The molecule has 3 heteroatoms. The molecule has 2 bridgehead atoms. The van der Waals surface area contributed by atoms with E-state index >= 15 is 0 Å². The van der Waals surface area contributed by atoms with Crippen LogP contribution in [-0.2, 0) is 4.79 Å². The summed E-state index contributed by atoms with van der Waals surface area (Å²) in [5, 5.41) is 3.55. The molecule has 3 saturated carbocycles. The van der Waals surface area contributed by atoms with Gasteiger partial charge in [0.15, 0.2) is 0 Å². The van der Waals surface area contributed by atoms with Gasteiger partial charge in [-0.3, -0.25) is 4.79 Å². The van der Waals surface area contributed by atoms with Crippen LogP contribution in [0.5, 0.6) is 0 Å². The van der Waals surface area contributed by atoms with Crippen molar-refractivity contribution in [3.05, 3.63) is 0 Å². The van der Waals surface area contributed by atoms with Gasteiger partial charge in [0.25, 0.3) is 0 Å². The largest absolute Gasteiger partial charge is 0.347 e. The van der Waals surface area contributed by atoms with Crippen molar-refractivity contribution in [2.45, 2.75) is 38.3 Å². The molecule has 3 aliphatic carbocycles. The molecule has 5 unspecified atom stereocenters. The minimum atomic E-state index is -0.00926. The minimum Gasteiger partial charge on any atom is -0.347 e. The molecule has 0 saturated heterocycles. The van der Waals surface area contributed by atoms with E-state index in [4.69, 9.17) is 0 Å². The van der Waals surface area contributed by atoms with Gasteiger partial charge in [-0.2, -0.15) is 0 Å². The normalized spacial score (nSPS) is 45.3. The fourth-order valence-electron chi connectivity index (χ4n) is 4.30. The molecule has 0 aromatic heterocycles. The van der Waals surface area contributed by atoms with Gasteiger partial charge in [0.1, 0.15) is 0 Å². The Morgan fingerprint density at radius 1 is 1.25 bits per heavy atom. The van der Waals surface area contributed by atoms with Crippen LogP contribution in [0.2, 0.25) is 0 Å². The molecule has 16 heavy (non-hydrogen) atoms. The lowest BCUT2D eigenvalue weighted by Crippen LogP contribution is -2.43. The highest BCUT2D eigenvalue weighted by atomic mass is 16.2. The summed E-state index contributed by atoms with van der Waals surface area (Å²) in [5.74, 6) is 3.99. The zero-order valence-electron chi connectivity index (χ0n) is 10.4. The first-order valence-electron chi connectivity index (χ1n) is 6.57. The van der Waals surface area contributed by atoms with Crippen LogP contribution in [0, 0.1) is 23.7 Å².